The SMILES string of the molecule is Cc1cc(/C=C/c2ccc(OCC(O)CNC(C)C)cc2)on1.Cl. The Kier molecular flexibility index (Phi) is 8.54. The lowest BCUT2D eigenvalue weighted by Crippen LogP contribution is -2.35. The quantitative estimate of drug-likeness (QED) is 0.762. The molecule has 0 fully saturated rings. The molecule has 0 radical (unpaired) electrons. The van der Waals surface area contributed by atoms with E-state index >= 15 is 0 Å². The summed E-state index contributed by atoms with van der Waals surface area (Å²) in [7, 11) is 0. The van der Waals surface area contributed by atoms with Crippen molar-refractivity contribution in [3.05, 3.63) is 47.3 Å². The monoisotopic (exact) mass is 352 g/mol. The maximum absolute atomic E-state index is 9.81. The number of rotatable bonds is 8. The van der Waals surface area contributed by atoms with Crippen molar-refractivity contribution >= 4 is 24.6 Å². The summed E-state index contributed by atoms with van der Waals surface area (Å²) >= 11 is 0. The Morgan fingerprint density at radius 1 is 1.25 bits per heavy atom. The van der Waals surface area contributed by atoms with Crippen LogP contribution < -0.4 is 10.1 Å². The van der Waals surface area contributed by atoms with Gasteiger partial charge in [-0.1, -0.05) is 37.2 Å². The van der Waals surface area contributed by atoms with Crippen molar-refractivity contribution in [1.29, 1.82) is 0 Å². The molecule has 5 nitrogen and oxygen atoms in total. The highest BCUT2D eigenvalue weighted by atomic mass is 35.5. The Balaban J connectivity index is 0.00000288. The minimum Gasteiger partial charge on any atom is -0.491 e. The molecule has 0 aliphatic carbocycles. The molecule has 6 heteroatoms. The van der Waals surface area contributed by atoms with Crippen LogP contribution in [0.1, 0.15) is 30.9 Å². The number of halogens is 1. The van der Waals surface area contributed by atoms with E-state index in [2.05, 4.69) is 10.5 Å². The van der Waals surface area contributed by atoms with Gasteiger partial charge in [0.1, 0.15) is 18.5 Å². The Hall–Kier alpha value is -1.82. The van der Waals surface area contributed by atoms with E-state index in [1.807, 2.05) is 63.3 Å². The van der Waals surface area contributed by atoms with Gasteiger partial charge in [0, 0.05) is 18.7 Å². The van der Waals surface area contributed by atoms with E-state index in [9.17, 15) is 5.11 Å². The van der Waals surface area contributed by atoms with Gasteiger partial charge in [0.05, 0.1) is 5.69 Å². The van der Waals surface area contributed by atoms with E-state index in [4.69, 9.17) is 9.26 Å². The van der Waals surface area contributed by atoms with E-state index < -0.39 is 6.10 Å². The lowest BCUT2D eigenvalue weighted by molar-refractivity contribution is 0.104. The van der Waals surface area contributed by atoms with Crippen molar-refractivity contribution < 1.29 is 14.4 Å². The summed E-state index contributed by atoms with van der Waals surface area (Å²) in [5.74, 6) is 1.46. The summed E-state index contributed by atoms with van der Waals surface area (Å²) in [4.78, 5) is 0. The first-order valence-electron chi connectivity index (χ1n) is 7.78. The van der Waals surface area contributed by atoms with Crippen molar-refractivity contribution in [3.63, 3.8) is 0 Å². The lowest BCUT2D eigenvalue weighted by Gasteiger charge is -2.15. The number of benzene rings is 1. The maximum atomic E-state index is 9.81. The van der Waals surface area contributed by atoms with Gasteiger partial charge in [-0.25, -0.2) is 0 Å². The zero-order chi connectivity index (χ0) is 16.7. The summed E-state index contributed by atoms with van der Waals surface area (Å²) in [5.41, 5.74) is 1.90. The highest BCUT2D eigenvalue weighted by molar-refractivity contribution is 5.85. The number of ether oxygens (including phenoxy) is 1. The van der Waals surface area contributed by atoms with Crippen LogP contribution >= 0.6 is 12.4 Å². The molecule has 0 amide bonds. The Bertz CT molecular complexity index is 623. The number of nitrogens with one attached hydrogen (secondary N) is 1. The van der Waals surface area contributed by atoms with E-state index in [-0.39, 0.29) is 19.0 Å². The topological polar surface area (TPSA) is 67.5 Å². The first kappa shape index (κ1) is 20.2. The molecule has 0 spiro atoms. The summed E-state index contributed by atoms with van der Waals surface area (Å²) < 4.78 is 10.7. The van der Waals surface area contributed by atoms with Crippen LogP contribution in [-0.2, 0) is 0 Å². The minimum absolute atomic E-state index is 0. The van der Waals surface area contributed by atoms with E-state index in [1.54, 1.807) is 0 Å². The first-order chi connectivity index (χ1) is 11.0. The van der Waals surface area contributed by atoms with Crippen LogP contribution in [0.3, 0.4) is 0 Å². The smallest absolute Gasteiger partial charge is 0.159 e. The van der Waals surface area contributed by atoms with Crippen molar-refractivity contribution in [2.24, 2.45) is 0 Å². The first-order valence-corrected chi connectivity index (χ1v) is 7.78. The number of aliphatic hydroxyl groups excluding tert-OH is 1. The fourth-order valence-electron chi connectivity index (χ4n) is 1.94. The van der Waals surface area contributed by atoms with Crippen LogP contribution in [0.5, 0.6) is 5.75 Å². The fraction of sp³-hybridized carbons (Fsp3) is 0.389. The van der Waals surface area contributed by atoms with Crippen LogP contribution in [0.25, 0.3) is 12.2 Å². The van der Waals surface area contributed by atoms with Crippen LogP contribution in [0.15, 0.2) is 34.9 Å². The average Bonchev–Trinajstić information content (AvgIpc) is 2.95. The number of aromatic nitrogens is 1. The van der Waals surface area contributed by atoms with Crippen LogP contribution in [-0.4, -0.2) is 35.6 Å². The zero-order valence-electron chi connectivity index (χ0n) is 14.2. The number of aliphatic hydroxyl groups is 1. The van der Waals surface area contributed by atoms with E-state index in [0.29, 0.717) is 12.6 Å². The molecular weight excluding hydrogens is 328 g/mol. The number of hydrogen-bond acceptors (Lipinski definition) is 5. The second-order valence-electron chi connectivity index (χ2n) is 5.80. The highest BCUT2D eigenvalue weighted by Crippen LogP contribution is 2.15. The molecule has 1 unspecified atom stereocenters. The van der Waals surface area contributed by atoms with Crippen molar-refractivity contribution in [2.45, 2.75) is 32.9 Å². The van der Waals surface area contributed by atoms with Gasteiger partial charge in [-0.15, -0.1) is 12.4 Å². The Labute approximate surface area is 149 Å². The van der Waals surface area contributed by atoms with Gasteiger partial charge < -0.3 is 19.7 Å². The molecule has 24 heavy (non-hydrogen) atoms. The summed E-state index contributed by atoms with van der Waals surface area (Å²) in [6.07, 6.45) is 3.30. The van der Waals surface area contributed by atoms with Gasteiger partial charge in [-0.2, -0.15) is 0 Å². The molecule has 0 saturated heterocycles. The standard InChI is InChI=1S/C18H24N2O3.ClH/c1-13(2)19-11-16(21)12-22-17-7-4-15(5-8-17)6-9-18-10-14(3)20-23-18;/h4-10,13,16,19,21H,11-12H2,1-3H3;1H/b9-6+;. The molecule has 2 rings (SSSR count). The molecule has 1 atom stereocenters. The molecule has 1 aromatic heterocycles. The molecule has 1 aromatic carbocycles. The molecule has 2 N–H and O–H groups in total. The summed E-state index contributed by atoms with van der Waals surface area (Å²) in [5, 5.41) is 16.8. The second kappa shape index (κ2) is 10.1. The Morgan fingerprint density at radius 3 is 2.54 bits per heavy atom. The zero-order valence-corrected chi connectivity index (χ0v) is 15.0. The maximum Gasteiger partial charge on any atom is 0.159 e. The van der Waals surface area contributed by atoms with Crippen LogP contribution in [0.4, 0.5) is 0 Å². The van der Waals surface area contributed by atoms with Gasteiger partial charge in [0.25, 0.3) is 0 Å². The second-order valence-corrected chi connectivity index (χ2v) is 5.80. The van der Waals surface area contributed by atoms with Crippen LogP contribution in [0.2, 0.25) is 0 Å². The van der Waals surface area contributed by atoms with Crippen molar-refractivity contribution in [2.75, 3.05) is 13.2 Å². The number of nitrogens with zero attached hydrogens (tertiary/aromatic N) is 1. The predicted molar refractivity (Wildman–Crippen MR) is 98.5 cm³/mol. The third-order valence-corrected chi connectivity index (χ3v) is 3.17. The molecule has 0 saturated carbocycles. The van der Waals surface area contributed by atoms with E-state index in [1.165, 1.54) is 0 Å². The molecule has 2 aromatic rings. The normalized spacial score (nSPS) is 12.4. The highest BCUT2D eigenvalue weighted by Gasteiger charge is 2.05. The van der Waals surface area contributed by atoms with Gasteiger partial charge in [-0.05, 0) is 30.7 Å². The number of aryl methyl sites for hydroxylation is 1. The van der Waals surface area contributed by atoms with Gasteiger partial charge in [0.15, 0.2) is 5.76 Å². The lowest BCUT2D eigenvalue weighted by atomic mass is 10.2. The summed E-state index contributed by atoms with van der Waals surface area (Å²) in [6.45, 7) is 6.76. The van der Waals surface area contributed by atoms with Crippen LogP contribution in [0, 0.1) is 6.92 Å². The largest absolute Gasteiger partial charge is 0.491 e. The minimum atomic E-state index is -0.522. The number of hydrogen-bond donors (Lipinski definition) is 2. The molecule has 0 aliphatic rings. The molecule has 0 bridgehead atoms. The molecule has 132 valence electrons. The van der Waals surface area contributed by atoms with Gasteiger partial charge in [-0.3, -0.25) is 0 Å². The molecule has 0 aliphatic heterocycles. The third kappa shape index (κ3) is 7.17. The van der Waals surface area contributed by atoms with Crippen molar-refractivity contribution in [1.82, 2.24) is 10.5 Å². The van der Waals surface area contributed by atoms with E-state index in [0.717, 1.165) is 22.8 Å². The average molecular weight is 353 g/mol. The molecule has 1 heterocycles. The predicted octanol–water partition coefficient (Wildman–Crippen LogP) is 3.31. The van der Waals surface area contributed by atoms with Crippen molar-refractivity contribution in [3.8, 4) is 5.75 Å². The third-order valence-electron chi connectivity index (χ3n) is 3.17. The van der Waals surface area contributed by atoms with Gasteiger partial charge >= 0.3 is 0 Å². The Morgan fingerprint density at radius 2 is 1.96 bits per heavy atom. The molecular formula is C18H25ClN2O3. The summed E-state index contributed by atoms with van der Waals surface area (Å²) in [6, 6.07) is 9.90. The van der Waals surface area contributed by atoms with Gasteiger partial charge in [0.2, 0.25) is 0 Å². The fourth-order valence-corrected chi connectivity index (χ4v) is 1.94.